The molecule has 0 N–H and O–H groups in total. The van der Waals surface area contributed by atoms with Crippen LogP contribution in [0.15, 0.2) is 45.9 Å². The van der Waals surface area contributed by atoms with Gasteiger partial charge in [-0.2, -0.15) is 4.31 Å². The van der Waals surface area contributed by atoms with Gasteiger partial charge in [0.05, 0.1) is 0 Å². The Hall–Kier alpha value is -2.85. The highest BCUT2D eigenvalue weighted by atomic mass is 32.2. The molecule has 2 aromatic carbocycles. The van der Waals surface area contributed by atoms with Crippen molar-refractivity contribution in [1.82, 2.24) is 14.6 Å². The van der Waals surface area contributed by atoms with E-state index in [1.54, 1.807) is 30.3 Å². The smallest absolute Gasteiger partial charge is 0.248 e. The maximum absolute atomic E-state index is 13.2. The molecule has 0 radical (unpaired) electrons. The number of hydrogen-bond donors (Lipinski definition) is 0. The number of hydrogen-bond acceptors (Lipinski definition) is 8. The van der Waals surface area contributed by atoms with Crippen LogP contribution in [0, 0.1) is 0 Å². The highest BCUT2D eigenvalue weighted by molar-refractivity contribution is 7.89. The average Bonchev–Trinajstić information content (AvgIpc) is 3.41. The standard InChI is InChI=1S/C17H15N3O6S/c21-27(22,15-4-1-3-12-17(15)19-26-18-12)20-8-2-5-16(20)25-11-6-7-13-14(9-11)24-10-23-13/h1,3-4,6-7,9,16H,2,5,8,10H2/t16-/m0/s1. The monoisotopic (exact) mass is 389 g/mol. The summed E-state index contributed by atoms with van der Waals surface area (Å²) in [7, 11) is -3.83. The van der Waals surface area contributed by atoms with Crippen LogP contribution in [0.5, 0.6) is 17.2 Å². The second-order valence-electron chi connectivity index (χ2n) is 6.23. The first kappa shape index (κ1) is 16.3. The molecule has 1 saturated heterocycles. The van der Waals surface area contributed by atoms with Gasteiger partial charge in [0.15, 0.2) is 23.2 Å². The predicted octanol–water partition coefficient (Wildman–Crippen LogP) is 2.14. The van der Waals surface area contributed by atoms with Crippen LogP contribution in [0.1, 0.15) is 12.8 Å². The lowest BCUT2D eigenvalue weighted by Crippen LogP contribution is -2.39. The van der Waals surface area contributed by atoms with Crippen molar-refractivity contribution in [3.8, 4) is 17.2 Å². The molecule has 3 heterocycles. The molecule has 2 aliphatic rings. The summed E-state index contributed by atoms with van der Waals surface area (Å²) in [5.41, 5.74) is 0.606. The van der Waals surface area contributed by atoms with Crippen molar-refractivity contribution in [1.29, 1.82) is 0 Å². The summed E-state index contributed by atoms with van der Waals surface area (Å²) < 4.78 is 49.1. The Morgan fingerprint density at radius 2 is 2.00 bits per heavy atom. The summed E-state index contributed by atoms with van der Waals surface area (Å²) in [6.45, 7) is 0.525. The third-order valence-corrected chi connectivity index (χ3v) is 6.52. The van der Waals surface area contributed by atoms with Crippen molar-refractivity contribution >= 4 is 21.1 Å². The Kier molecular flexibility index (Phi) is 3.69. The van der Waals surface area contributed by atoms with Crippen molar-refractivity contribution in [2.75, 3.05) is 13.3 Å². The highest BCUT2D eigenvalue weighted by Gasteiger charge is 2.38. The SMILES string of the molecule is O=S(=O)(c1cccc2nonc12)N1CCC[C@@H]1Oc1ccc2c(c1)OCO2. The number of sulfonamides is 1. The van der Waals surface area contributed by atoms with Gasteiger partial charge < -0.3 is 14.2 Å². The summed E-state index contributed by atoms with van der Waals surface area (Å²) in [4.78, 5) is 0.0578. The molecule has 3 aromatic rings. The predicted molar refractivity (Wildman–Crippen MR) is 91.9 cm³/mol. The van der Waals surface area contributed by atoms with E-state index >= 15 is 0 Å². The molecule has 0 aliphatic carbocycles. The van der Waals surface area contributed by atoms with E-state index in [4.69, 9.17) is 14.2 Å². The van der Waals surface area contributed by atoms with Crippen molar-refractivity contribution in [3.63, 3.8) is 0 Å². The molecule has 0 amide bonds. The van der Waals surface area contributed by atoms with E-state index in [0.717, 1.165) is 0 Å². The fourth-order valence-corrected chi connectivity index (χ4v) is 5.04. The van der Waals surface area contributed by atoms with Gasteiger partial charge in [0.1, 0.15) is 16.2 Å². The molecular formula is C17H15N3O6S. The number of benzene rings is 2. The molecule has 9 nitrogen and oxygen atoms in total. The van der Waals surface area contributed by atoms with Crippen LogP contribution in [0.2, 0.25) is 0 Å². The maximum Gasteiger partial charge on any atom is 0.248 e. The molecule has 10 heteroatoms. The van der Waals surface area contributed by atoms with Gasteiger partial charge in [-0.3, -0.25) is 0 Å². The molecule has 1 aromatic heterocycles. The topological polar surface area (TPSA) is 104 Å². The Morgan fingerprint density at radius 3 is 2.93 bits per heavy atom. The van der Waals surface area contributed by atoms with Gasteiger partial charge in [-0.05, 0) is 41.0 Å². The lowest BCUT2D eigenvalue weighted by atomic mass is 10.3. The first-order chi connectivity index (χ1) is 13.1. The van der Waals surface area contributed by atoms with E-state index in [1.807, 2.05) is 0 Å². The van der Waals surface area contributed by atoms with E-state index in [2.05, 4.69) is 14.9 Å². The van der Waals surface area contributed by atoms with E-state index in [9.17, 15) is 8.42 Å². The van der Waals surface area contributed by atoms with Gasteiger partial charge in [0.25, 0.3) is 0 Å². The minimum atomic E-state index is -3.83. The Balaban J connectivity index is 1.46. The highest BCUT2D eigenvalue weighted by Crippen LogP contribution is 2.37. The molecule has 5 rings (SSSR count). The third kappa shape index (κ3) is 2.68. The number of ether oxygens (including phenoxy) is 3. The second kappa shape index (κ2) is 6.10. The average molecular weight is 389 g/mol. The van der Waals surface area contributed by atoms with Gasteiger partial charge >= 0.3 is 0 Å². The zero-order valence-electron chi connectivity index (χ0n) is 14.1. The van der Waals surface area contributed by atoms with Gasteiger partial charge in [0, 0.05) is 19.0 Å². The van der Waals surface area contributed by atoms with Crippen molar-refractivity contribution < 1.29 is 27.3 Å². The maximum atomic E-state index is 13.2. The molecule has 1 atom stereocenters. The summed E-state index contributed by atoms with van der Waals surface area (Å²) in [6, 6.07) is 9.94. The molecule has 140 valence electrons. The van der Waals surface area contributed by atoms with Crippen molar-refractivity contribution in [2.24, 2.45) is 0 Å². The molecular weight excluding hydrogens is 374 g/mol. The number of nitrogens with zero attached hydrogens (tertiary/aromatic N) is 3. The summed E-state index contributed by atoms with van der Waals surface area (Å²) in [5, 5.41) is 7.45. The van der Waals surface area contributed by atoms with Crippen molar-refractivity contribution in [3.05, 3.63) is 36.4 Å². The quantitative estimate of drug-likeness (QED) is 0.668. The number of fused-ring (bicyclic) bond motifs is 2. The second-order valence-corrected chi connectivity index (χ2v) is 8.09. The molecule has 2 aliphatic heterocycles. The summed E-state index contributed by atoms with van der Waals surface area (Å²) in [5.74, 6) is 1.74. The third-order valence-electron chi connectivity index (χ3n) is 4.60. The fourth-order valence-electron chi connectivity index (χ4n) is 3.33. The van der Waals surface area contributed by atoms with E-state index < -0.39 is 16.3 Å². The first-order valence-electron chi connectivity index (χ1n) is 8.42. The Morgan fingerprint density at radius 1 is 1.11 bits per heavy atom. The van der Waals surface area contributed by atoms with Gasteiger partial charge in [-0.1, -0.05) is 6.07 Å². The van der Waals surface area contributed by atoms with Crippen LogP contribution in [0.3, 0.4) is 0 Å². The Labute approximate surface area is 154 Å². The van der Waals surface area contributed by atoms with E-state index in [1.165, 1.54) is 10.4 Å². The van der Waals surface area contributed by atoms with Gasteiger partial charge in [-0.25, -0.2) is 13.0 Å². The van der Waals surface area contributed by atoms with Gasteiger partial charge in [-0.15, -0.1) is 0 Å². The van der Waals surface area contributed by atoms with Crippen LogP contribution in [0.25, 0.3) is 11.0 Å². The lowest BCUT2D eigenvalue weighted by Gasteiger charge is -2.24. The normalized spacial score (nSPS) is 19.6. The first-order valence-corrected chi connectivity index (χ1v) is 9.86. The fraction of sp³-hybridized carbons (Fsp3) is 0.294. The van der Waals surface area contributed by atoms with Crippen LogP contribution in [-0.4, -0.2) is 42.6 Å². The summed E-state index contributed by atoms with van der Waals surface area (Å²) >= 11 is 0. The van der Waals surface area contributed by atoms with Crippen LogP contribution >= 0.6 is 0 Å². The molecule has 27 heavy (non-hydrogen) atoms. The van der Waals surface area contributed by atoms with Crippen molar-refractivity contribution in [2.45, 2.75) is 24.0 Å². The zero-order chi connectivity index (χ0) is 18.4. The molecule has 0 spiro atoms. The summed E-state index contributed by atoms with van der Waals surface area (Å²) in [6.07, 6.45) is 0.660. The minimum absolute atomic E-state index is 0.0578. The number of aromatic nitrogens is 2. The van der Waals surface area contributed by atoms with Crippen LogP contribution < -0.4 is 14.2 Å². The van der Waals surface area contributed by atoms with Crippen LogP contribution in [0.4, 0.5) is 0 Å². The molecule has 0 unspecified atom stereocenters. The largest absolute Gasteiger partial charge is 0.474 e. The zero-order valence-corrected chi connectivity index (χ0v) is 14.9. The van der Waals surface area contributed by atoms with E-state index in [0.29, 0.717) is 42.2 Å². The van der Waals surface area contributed by atoms with E-state index in [-0.39, 0.29) is 17.2 Å². The molecule has 0 bridgehead atoms. The molecule has 0 saturated carbocycles. The van der Waals surface area contributed by atoms with Crippen LogP contribution in [-0.2, 0) is 10.0 Å². The number of rotatable bonds is 4. The van der Waals surface area contributed by atoms with Gasteiger partial charge in [0.2, 0.25) is 16.8 Å². The lowest BCUT2D eigenvalue weighted by molar-refractivity contribution is 0.120. The Bertz CT molecular complexity index is 1110. The molecule has 1 fully saturated rings. The minimum Gasteiger partial charge on any atom is -0.474 e.